The van der Waals surface area contributed by atoms with Crippen LogP contribution in [0.2, 0.25) is 0 Å². The molecule has 3 aliphatic carbocycles. The lowest BCUT2D eigenvalue weighted by molar-refractivity contribution is -0.00234. The fourth-order valence-electron chi connectivity index (χ4n) is 4.58. The minimum atomic E-state index is -0.0407. The molecule has 2 fully saturated rings. The van der Waals surface area contributed by atoms with E-state index in [1.165, 1.54) is 19.3 Å². The second-order valence-corrected chi connectivity index (χ2v) is 7.70. The summed E-state index contributed by atoms with van der Waals surface area (Å²) < 4.78 is 7.71. The van der Waals surface area contributed by atoms with Gasteiger partial charge in [0.2, 0.25) is 0 Å². The highest BCUT2D eigenvalue weighted by molar-refractivity contribution is 5.74. The van der Waals surface area contributed by atoms with Gasteiger partial charge in [-0.3, -0.25) is 4.68 Å². The predicted octanol–water partition coefficient (Wildman–Crippen LogP) is 2.54. The second-order valence-electron chi connectivity index (χ2n) is 7.70. The first kappa shape index (κ1) is 16.6. The van der Waals surface area contributed by atoms with Crippen molar-refractivity contribution < 1.29 is 9.53 Å². The first-order valence-corrected chi connectivity index (χ1v) is 9.51. The Morgan fingerprint density at radius 2 is 2.24 bits per heavy atom. The third kappa shape index (κ3) is 3.73. The summed E-state index contributed by atoms with van der Waals surface area (Å²) in [6, 6.07) is 2.09. The van der Waals surface area contributed by atoms with Crippen LogP contribution in [0, 0.1) is 17.8 Å². The Morgan fingerprint density at radius 1 is 1.32 bits per heavy atom. The van der Waals surface area contributed by atoms with Crippen LogP contribution in [0.15, 0.2) is 24.4 Å². The van der Waals surface area contributed by atoms with Crippen molar-refractivity contribution in [1.82, 2.24) is 20.4 Å². The third-order valence-corrected chi connectivity index (χ3v) is 6.04. The Labute approximate surface area is 149 Å². The van der Waals surface area contributed by atoms with E-state index in [0.717, 1.165) is 31.0 Å². The molecule has 2 N–H and O–H groups in total. The van der Waals surface area contributed by atoms with Gasteiger partial charge in [-0.25, -0.2) is 4.79 Å². The highest BCUT2D eigenvalue weighted by Crippen LogP contribution is 2.39. The molecule has 5 rings (SSSR count). The van der Waals surface area contributed by atoms with Crippen molar-refractivity contribution in [2.75, 3.05) is 13.2 Å². The summed E-state index contributed by atoms with van der Waals surface area (Å²) in [5.74, 6) is 1.99. The third-order valence-electron chi connectivity index (χ3n) is 6.04. The van der Waals surface area contributed by atoms with Crippen molar-refractivity contribution in [3.05, 3.63) is 30.1 Å². The minimum absolute atomic E-state index is 0.00534. The molecule has 136 valence electrons. The van der Waals surface area contributed by atoms with Crippen molar-refractivity contribution in [2.45, 2.75) is 44.2 Å². The molecule has 2 heterocycles. The number of nitrogens with one attached hydrogen (secondary N) is 2. The van der Waals surface area contributed by atoms with E-state index in [1.54, 1.807) is 6.20 Å². The van der Waals surface area contributed by atoms with Crippen LogP contribution in [0.25, 0.3) is 0 Å². The van der Waals surface area contributed by atoms with Gasteiger partial charge in [-0.1, -0.05) is 12.2 Å². The van der Waals surface area contributed by atoms with Gasteiger partial charge in [0.15, 0.2) is 0 Å². The number of amides is 2. The van der Waals surface area contributed by atoms with Gasteiger partial charge in [0.25, 0.3) is 0 Å². The maximum absolute atomic E-state index is 12.3. The number of hydrogen-bond acceptors (Lipinski definition) is 3. The molecule has 1 aliphatic heterocycles. The van der Waals surface area contributed by atoms with Crippen LogP contribution in [0.5, 0.6) is 0 Å². The van der Waals surface area contributed by atoms with E-state index in [4.69, 9.17) is 4.74 Å². The Morgan fingerprint density at radius 3 is 2.92 bits per heavy atom. The molecule has 6 heteroatoms. The molecule has 2 bridgehead atoms. The van der Waals surface area contributed by atoms with Crippen molar-refractivity contribution in [2.24, 2.45) is 24.8 Å². The number of aromatic nitrogens is 2. The average molecular weight is 344 g/mol. The van der Waals surface area contributed by atoms with E-state index in [0.29, 0.717) is 18.4 Å². The summed E-state index contributed by atoms with van der Waals surface area (Å²) in [7, 11) is 1.93. The minimum Gasteiger partial charge on any atom is -0.372 e. The molecule has 5 unspecified atom stereocenters. The molecular weight excluding hydrogens is 316 g/mol. The van der Waals surface area contributed by atoms with E-state index in [-0.39, 0.29) is 18.2 Å². The topological polar surface area (TPSA) is 68.2 Å². The number of fused-ring (bicyclic) bond motifs is 2. The molecule has 1 aromatic rings. The summed E-state index contributed by atoms with van der Waals surface area (Å²) in [5.41, 5.74) is 1.07. The summed E-state index contributed by atoms with van der Waals surface area (Å²) in [5, 5.41) is 10.4. The number of allylic oxidation sites excluding steroid dienone is 2. The van der Waals surface area contributed by atoms with Gasteiger partial charge < -0.3 is 15.4 Å². The van der Waals surface area contributed by atoms with E-state index in [1.807, 2.05) is 17.8 Å². The fourth-order valence-corrected chi connectivity index (χ4v) is 4.58. The quantitative estimate of drug-likeness (QED) is 0.825. The maximum Gasteiger partial charge on any atom is 0.315 e. The lowest BCUT2D eigenvalue weighted by atomic mass is 9.69. The Hall–Kier alpha value is -1.82. The number of hydrogen-bond donors (Lipinski definition) is 2. The maximum atomic E-state index is 12.3. The summed E-state index contributed by atoms with van der Waals surface area (Å²) >= 11 is 0. The zero-order valence-corrected chi connectivity index (χ0v) is 14.9. The average Bonchev–Trinajstić information content (AvgIpc) is 3.07. The highest BCUT2D eigenvalue weighted by Gasteiger charge is 2.32. The largest absolute Gasteiger partial charge is 0.372 e. The number of carbonyl (C=O) groups excluding carboxylic acids is 1. The summed E-state index contributed by atoms with van der Waals surface area (Å²) in [6.45, 7) is 1.45. The number of rotatable bonds is 4. The Kier molecular flexibility index (Phi) is 4.79. The van der Waals surface area contributed by atoms with Crippen LogP contribution in [0.1, 0.15) is 43.9 Å². The zero-order valence-electron chi connectivity index (χ0n) is 14.9. The van der Waals surface area contributed by atoms with Gasteiger partial charge in [-0.05, 0) is 55.9 Å². The second kappa shape index (κ2) is 7.20. The molecule has 6 nitrogen and oxygen atoms in total. The van der Waals surface area contributed by atoms with Gasteiger partial charge in [-0.15, -0.1) is 0 Å². The van der Waals surface area contributed by atoms with E-state index < -0.39 is 0 Å². The van der Waals surface area contributed by atoms with Crippen molar-refractivity contribution in [1.29, 1.82) is 0 Å². The van der Waals surface area contributed by atoms with Crippen molar-refractivity contribution in [3.63, 3.8) is 0 Å². The Balaban J connectivity index is 1.25. The molecule has 25 heavy (non-hydrogen) atoms. The summed E-state index contributed by atoms with van der Waals surface area (Å²) in [4.78, 5) is 12.3. The monoisotopic (exact) mass is 344 g/mol. The van der Waals surface area contributed by atoms with Gasteiger partial charge >= 0.3 is 6.03 Å². The molecule has 0 aromatic carbocycles. The van der Waals surface area contributed by atoms with Gasteiger partial charge in [0.1, 0.15) is 6.10 Å². The molecule has 0 radical (unpaired) electrons. The highest BCUT2D eigenvalue weighted by atomic mass is 16.5. The van der Waals surface area contributed by atoms with Crippen LogP contribution in [0.4, 0.5) is 4.79 Å². The molecule has 1 saturated heterocycles. The van der Waals surface area contributed by atoms with E-state index in [9.17, 15) is 4.79 Å². The SMILES string of the molecule is Cn1nccc1C1CC(NC(=O)NCC2CC3C=CC2CC3)CCO1. The zero-order chi connectivity index (χ0) is 17.2. The number of urea groups is 1. The van der Waals surface area contributed by atoms with Crippen molar-refractivity contribution >= 4 is 6.03 Å². The van der Waals surface area contributed by atoms with Crippen LogP contribution in [-0.2, 0) is 11.8 Å². The standard InChI is InChI=1S/C19H28N4O2/c1-23-17(6-8-21-23)18-11-16(7-9-25-18)22-19(24)20-12-15-10-13-2-4-14(15)5-3-13/h2,4,6,8,13-16,18H,3,5,7,9-12H2,1H3,(H2,20,22,24). The smallest absolute Gasteiger partial charge is 0.315 e. The summed E-state index contributed by atoms with van der Waals surface area (Å²) in [6.07, 6.45) is 12.0. The Bertz CT molecular complexity index is 641. The van der Waals surface area contributed by atoms with Crippen LogP contribution in [-0.4, -0.2) is 35.0 Å². The van der Waals surface area contributed by atoms with Crippen LogP contribution >= 0.6 is 0 Å². The van der Waals surface area contributed by atoms with Crippen LogP contribution < -0.4 is 10.6 Å². The number of aryl methyl sites for hydroxylation is 1. The molecular formula is C19H28N4O2. The number of nitrogens with zero attached hydrogens (tertiary/aromatic N) is 2. The van der Waals surface area contributed by atoms with Crippen LogP contribution in [0.3, 0.4) is 0 Å². The first-order chi connectivity index (χ1) is 12.2. The predicted molar refractivity (Wildman–Crippen MR) is 94.9 cm³/mol. The lowest BCUT2D eigenvalue weighted by Crippen LogP contribution is -2.47. The van der Waals surface area contributed by atoms with E-state index in [2.05, 4.69) is 27.9 Å². The molecule has 4 aliphatic rings. The lowest BCUT2D eigenvalue weighted by Gasteiger charge is -2.38. The first-order valence-electron chi connectivity index (χ1n) is 9.51. The molecule has 1 aromatic heterocycles. The van der Waals surface area contributed by atoms with Gasteiger partial charge in [-0.2, -0.15) is 5.10 Å². The number of carbonyl (C=O) groups is 1. The molecule has 1 saturated carbocycles. The van der Waals surface area contributed by atoms with Gasteiger partial charge in [0.05, 0.1) is 5.69 Å². The normalized spacial score (nSPS) is 34.0. The van der Waals surface area contributed by atoms with Crippen molar-refractivity contribution in [3.8, 4) is 0 Å². The molecule has 0 spiro atoms. The molecule has 5 atom stereocenters. The van der Waals surface area contributed by atoms with E-state index >= 15 is 0 Å². The van der Waals surface area contributed by atoms with Gasteiger partial charge in [0, 0.05) is 32.4 Å². The molecule has 2 amide bonds. The number of ether oxygens (including phenoxy) is 1. The fraction of sp³-hybridized carbons (Fsp3) is 0.684.